The number of hydrazine groups is 1. The summed E-state index contributed by atoms with van der Waals surface area (Å²) in [4.78, 5) is 9.04. The molecule has 1 aliphatic carbocycles. The number of nitrogens with one attached hydrogen (secondary N) is 2. The fourth-order valence-corrected chi connectivity index (χ4v) is 1.83. The highest BCUT2D eigenvalue weighted by Gasteiger charge is 2.28. The molecule has 1 aromatic heterocycles. The van der Waals surface area contributed by atoms with E-state index in [1.165, 1.54) is 12.8 Å². The van der Waals surface area contributed by atoms with Crippen molar-refractivity contribution < 1.29 is 4.74 Å². The summed E-state index contributed by atoms with van der Waals surface area (Å²) in [5.41, 5.74) is 3.59. The van der Waals surface area contributed by atoms with Crippen LogP contribution in [-0.4, -0.2) is 29.2 Å². The van der Waals surface area contributed by atoms with Gasteiger partial charge in [-0.15, -0.1) is 0 Å². The van der Waals surface area contributed by atoms with Crippen molar-refractivity contribution in [2.45, 2.75) is 45.6 Å². The number of nitrogens with two attached hydrogens (primary N) is 1. The Balaban J connectivity index is 2.03. The second-order valence-electron chi connectivity index (χ2n) is 5.17. The molecule has 0 aromatic carbocycles. The Morgan fingerprint density at radius 1 is 1.32 bits per heavy atom. The van der Waals surface area contributed by atoms with Gasteiger partial charge in [0.25, 0.3) is 0 Å². The zero-order valence-corrected chi connectivity index (χ0v) is 11.9. The quantitative estimate of drug-likeness (QED) is 0.396. The average Bonchev–Trinajstić information content (AvgIpc) is 3.20. The maximum absolute atomic E-state index is 5.51. The van der Waals surface area contributed by atoms with Crippen LogP contribution in [0.5, 0.6) is 0 Å². The third-order valence-corrected chi connectivity index (χ3v) is 3.09. The summed E-state index contributed by atoms with van der Waals surface area (Å²) >= 11 is 0. The summed E-state index contributed by atoms with van der Waals surface area (Å²) in [5.74, 6) is 8.43. The first-order chi connectivity index (χ1) is 9.11. The van der Waals surface area contributed by atoms with E-state index in [0.717, 1.165) is 23.8 Å². The number of ether oxygens (including phenoxy) is 1. The lowest BCUT2D eigenvalue weighted by atomic mass is 10.3. The van der Waals surface area contributed by atoms with Gasteiger partial charge in [-0.25, -0.2) is 15.8 Å². The second-order valence-corrected chi connectivity index (χ2v) is 5.17. The lowest BCUT2D eigenvalue weighted by Gasteiger charge is -2.14. The Morgan fingerprint density at radius 3 is 2.58 bits per heavy atom. The van der Waals surface area contributed by atoms with Gasteiger partial charge in [0.05, 0.1) is 12.7 Å². The smallest absolute Gasteiger partial charge is 0.148 e. The summed E-state index contributed by atoms with van der Waals surface area (Å²) in [5, 5.41) is 3.29. The molecule has 106 valence electrons. The van der Waals surface area contributed by atoms with Crippen molar-refractivity contribution in [3.05, 3.63) is 11.4 Å². The minimum absolute atomic E-state index is 0.247. The Morgan fingerprint density at radius 2 is 2.00 bits per heavy atom. The molecule has 2 rings (SSSR count). The van der Waals surface area contributed by atoms with Crippen molar-refractivity contribution in [1.29, 1.82) is 0 Å². The fraction of sp³-hybridized carbons (Fsp3) is 0.692. The molecule has 0 unspecified atom stereocenters. The number of hydrogen-bond acceptors (Lipinski definition) is 6. The number of aromatic nitrogens is 2. The number of anilines is 2. The van der Waals surface area contributed by atoms with E-state index in [1.807, 2.05) is 20.8 Å². The van der Waals surface area contributed by atoms with Gasteiger partial charge in [0.2, 0.25) is 0 Å². The third kappa shape index (κ3) is 3.78. The Hall–Kier alpha value is -1.40. The zero-order valence-electron chi connectivity index (χ0n) is 11.9. The molecule has 0 aliphatic heterocycles. The van der Waals surface area contributed by atoms with Crippen molar-refractivity contribution in [2.24, 2.45) is 5.84 Å². The van der Waals surface area contributed by atoms with Crippen molar-refractivity contribution in [2.75, 3.05) is 23.9 Å². The van der Waals surface area contributed by atoms with Crippen LogP contribution in [0.1, 0.15) is 44.0 Å². The molecule has 1 aromatic rings. The van der Waals surface area contributed by atoms with Crippen LogP contribution in [0.15, 0.2) is 0 Å². The van der Waals surface area contributed by atoms with Crippen LogP contribution in [0.4, 0.5) is 11.6 Å². The number of nitrogens with zero attached hydrogens (tertiary/aromatic N) is 2. The van der Waals surface area contributed by atoms with Gasteiger partial charge in [0.15, 0.2) is 0 Å². The molecule has 1 fully saturated rings. The van der Waals surface area contributed by atoms with Gasteiger partial charge >= 0.3 is 0 Å². The summed E-state index contributed by atoms with van der Waals surface area (Å²) in [6, 6.07) is 0. The summed E-state index contributed by atoms with van der Waals surface area (Å²) in [6.45, 7) is 7.39. The number of nitrogen functional groups attached to an aromatic ring is 1. The van der Waals surface area contributed by atoms with Crippen LogP contribution in [-0.2, 0) is 4.74 Å². The van der Waals surface area contributed by atoms with E-state index < -0.39 is 0 Å². The Bertz CT molecular complexity index is 431. The molecule has 19 heavy (non-hydrogen) atoms. The molecule has 1 heterocycles. The highest BCUT2D eigenvalue weighted by Crippen LogP contribution is 2.39. The molecule has 6 nitrogen and oxygen atoms in total. The van der Waals surface area contributed by atoms with E-state index in [2.05, 4.69) is 20.7 Å². The molecule has 6 heteroatoms. The van der Waals surface area contributed by atoms with Crippen LogP contribution in [0.2, 0.25) is 0 Å². The van der Waals surface area contributed by atoms with Gasteiger partial charge in [-0.3, -0.25) is 0 Å². The van der Waals surface area contributed by atoms with Gasteiger partial charge < -0.3 is 15.5 Å². The van der Waals surface area contributed by atoms with Gasteiger partial charge in [-0.2, -0.15) is 0 Å². The van der Waals surface area contributed by atoms with E-state index in [-0.39, 0.29) is 6.10 Å². The molecule has 0 atom stereocenters. The minimum Gasteiger partial charge on any atom is -0.377 e. The van der Waals surface area contributed by atoms with E-state index in [4.69, 9.17) is 10.6 Å². The minimum atomic E-state index is 0.247. The third-order valence-electron chi connectivity index (χ3n) is 3.09. The SMILES string of the molecule is Cc1c(NN)nc(C2CC2)nc1NCCOC(C)C. The fourth-order valence-electron chi connectivity index (χ4n) is 1.83. The van der Waals surface area contributed by atoms with Crippen LogP contribution in [0, 0.1) is 6.92 Å². The highest BCUT2D eigenvalue weighted by atomic mass is 16.5. The highest BCUT2D eigenvalue weighted by molar-refractivity contribution is 5.57. The predicted octanol–water partition coefficient (Wildman–Crippen LogP) is 1.78. The Labute approximate surface area is 114 Å². The molecule has 1 saturated carbocycles. The summed E-state index contributed by atoms with van der Waals surface area (Å²) in [7, 11) is 0. The molecule has 0 radical (unpaired) electrons. The monoisotopic (exact) mass is 265 g/mol. The first-order valence-corrected chi connectivity index (χ1v) is 6.82. The first kappa shape index (κ1) is 14.0. The molecule has 0 saturated heterocycles. The number of hydrogen-bond donors (Lipinski definition) is 3. The van der Waals surface area contributed by atoms with Crippen LogP contribution in [0.3, 0.4) is 0 Å². The van der Waals surface area contributed by atoms with Crippen molar-refractivity contribution >= 4 is 11.6 Å². The first-order valence-electron chi connectivity index (χ1n) is 6.82. The normalized spacial score (nSPS) is 14.8. The van der Waals surface area contributed by atoms with E-state index in [1.54, 1.807) is 0 Å². The van der Waals surface area contributed by atoms with E-state index in [9.17, 15) is 0 Å². The van der Waals surface area contributed by atoms with Gasteiger partial charge in [-0.1, -0.05) is 0 Å². The van der Waals surface area contributed by atoms with Gasteiger partial charge in [0.1, 0.15) is 17.5 Å². The Kier molecular flexibility index (Phi) is 4.55. The summed E-state index contributed by atoms with van der Waals surface area (Å²) < 4.78 is 5.50. The molecule has 1 aliphatic rings. The molecule has 0 amide bonds. The predicted molar refractivity (Wildman–Crippen MR) is 76.1 cm³/mol. The van der Waals surface area contributed by atoms with E-state index >= 15 is 0 Å². The van der Waals surface area contributed by atoms with Gasteiger partial charge in [0, 0.05) is 18.0 Å². The van der Waals surface area contributed by atoms with E-state index in [0.29, 0.717) is 18.3 Å². The van der Waals surface area contributed by atoms with Crippen molar-refractivity contribution in [3.8, 4) is 0 Å². The number of rotatable bonds is 7. The maximum Gasteiger partial charge on any atom is 0.148 e. The topological polar surface area (TPSA) is 85.1 Å². The summed E-state index contributed by atoms with van der Waals surface area (Å²) in [6.07, 6.45) is 2.59. The zero-order chi connectivity index (χ0) is 13.8. The van der Waals surface area contributed by atoms with Crippen LogP contribution < -0.4 is 16.6 Å². The largest absolute Gasteiger partial charge is 0.377 e. The molecule has 4 N–H and O–H groups in total. The molecule has 0 spiro atoms. The molecule has 0 bridgehead atoms. The van der Waals surface area contributed by atoms with Crippen molar-refractivity contribution in [3.63, 3.8) is 0 Å². The molecular weight excluding hydrogens is 242 g/mol. The maximum atomic E-state index is 5.51. The van der Waals surface area contributed by atoms with Crippen molar-refractivity contribution in [1.82, 2.24) is 9.97 Å². The average molecular weight is 265 g/mol. The second kappa shape index (κ2) is 6.16. The molecular formula is C13H23N5O. The van der Waals surface area contributed by atoms with Crippen LogP contribution in [0.25, 0.3) is 0 Å². The van der Waals surface area contributed by atoms with Gasteiger partial charge in [-0.05, 0) is 33.6 Å². The van der Waals surface area contributed by atoms with Crippen LogP contribution >= 0.6 is 0 Å². The lowest BCUT2D eigenvalue weighted by molar-refractivity contribution is 0.0870. The standard InChI is InChI=1S/C13H23N5O/c1-8(2)19-7-6-15-11-9(3)12(18-14)17-13(16-11)10-4-5-10/h8,10H,4-7,14H2,1-3H3,(H2,15,16,17,18). The lowest BCUT2D eigenvalue weighted by Crippen LogP contribution is -2.17.